The first-order valence-corrected chi connectivity index (χ1v) is 5.18. The minimum absolute atomic E-state index is 0.0460. The van der Waals surface area contributed by atoms with E-state index in [0.29, 0.717) is 5.75 Å². The van der Waals surface area contributed by atoms with Crippen molar-refractivity contribution in [3.8, 4) is 11.5 Å². The number of nitrogens with two attached hydrogens (primary N) is 1. The van der Waals surface area contributed by atoms with Gasteiger partial charge in [0.2, 0.25) is 6.79 Å². The Labute approximate surface area is 101 Å². The summed E-state index contributed by atoms with van der Waals surface area (Å²) >= 11 is 0. The standard InChI is InChI=1S/C11H11F2NO4/c12-11(13)6-2-9-8(17-4-18-9)1-5(6)7(14)3-10(15)16/h1-2,7,11H,3-4,14H2,(H,15,16). The van der Waals surface area contributed by atoms with Crippen molar-refractivity contribution < 1.29 is 28.2 Å². The van der Waals surface area contributed by atoms with Crippen LogP contribution in [-0.2, 0) is 4.79 Å². The fraction of sp³-hybridized carbons (Fsp3) is 0.364. The highest BCUT2D eigenvalue weighted by Crippen LogP contribution is 2.40. The fourth-order valence-electron chi connectivity index (χ4n) is 1.78. The lowest BCUT2D eigenvalue weighted by Gasteiger charge is -2.15. The van der Waals surface area contributed by atoms with Crippen LogP contribution < -0.4 is 15.2 Å². The molecule has 1 aliphatic rings. The lowest BCUT2D eigenvalue weighted by Crippen LogP contribution is -2.17. The van der Waals surface area contributed by atoms with Gasteiger partial charge in [0.1, 0.15) is 0 Å². The third-order valence-electron chi connectivity index (χ3n) is 2.61. The number of aliphatic carboxylic acids is 1. The molecular formula is C11H11F2NO4. The van der Waals surface area contributed by atoms with E-state index in [1.807, 2.05) is 0 Å². The number of hydrogen-bond donors (Lipinski definition) is 2. The molecule has 0 radical (unpaired) electrons. The van der Waals surface area contributed by atoms with E-state index < -0.39 is 24.9 Å². The summed E-state index contributed by atoms with van der Waals surface area (Å²) in [6, 6.07) is 1.45. The number of carboxylic acids is 1. The van der Waals surface area contributed by atoms with Crippen LogP contribution in [-0.4, -0.2) is 17.9 Å². The molecule has 0 saturated heterocycles. The molecule has 1 aromatic rings. The van der Waals surface area contributed by atoms with E-state index in [4.69, 9.17) is 20.3 Å². The van der Waals surface area contributed by atoms with E-state index in [-0.39, 0.29) is 23.7 Å². The summed E-state index contributed by atoms with van der Waals surface area (Å²) in [6.45, 7) is -0.0460. The first-order valence-electron chi connectivity index (χ1n) is 5.18. The Morgan fingerprint density at radius 2 is 1.89 bits per heavy atom. The van der Waals surface area contributed by atoms with Gasteiger partial charge in [0.15, 0.2) is 11.5 Å². The Bertz CT molecular complexity index is 478. The second-order valence-corrected chi connectivity index (χ2v) is 3.84. The molecule has 1 aromatic carbocycles. The van der Waals surface area contributed by atoms with Crippen molar-refractivity contribution in [2.24, 2.45) is 5.73 Å². The molecule has 0 aromatic heterocycles. The van der Waals surface area contributed by atoms with E-state index in [1.165, 1.54) is 6.07 Å². The number of halogens is 2. The third kappa shape index (κ3) is 2.35. The summed E-state index contributed by atoms with van der Waals surface area (Å²) in [6.07, 6.45) is -3.19. The van der Waals surface area contributed by atoms with Crippen molar-refractivity contribution in [2.45, 2.75) is 18.9 Å². The predicted molar refractivity (Wildman–Crippen MR) is 56.7 cm³/mol. The van der Waals surface area contributed by atoms with Crippen LogP contribution in [0.3, 0.4) is 0 Å². The largest absolute Gasteiger partial charge is 0.481 e. The molecule has 1 aliphatic heterocycles. The van der Waals surface area contributed by atoms with Crippen molar-refractivity contribution in [3.05, 3.63) is 23.3 Å². The molecule has 3 N–H and O–H groups in total. The van der Waals surface area contributed by atoms with Crippen LogP contribution in [0, 0.1) is 0 Å². The molecule has 0 saturated carbocycles. The number of benzene rings is 1. The van der Waals surface area contributed by atoms with E-state index in [1.54, 1.807) is 0 Å². The zero-order valence-electron chi connectivity index (χ0n) is 9.23. The molecule has 2 rings (SSSR count). The number of alkyl halides is 2. The van der Waals surface area contributed by atoms with Crippen molar-refractivity contribution in [1.82, 2.24) is 0 Å². The maximum Gasteiger partial charge on any atom is 0.305 e. The molecule has 1 heterocycles. The Morgan fingerprint density at radius 3 is 2.39 bits per heavy atom. The van der Waals surface area contributed by atoms with Crippen LogP contribution in [0.5, 0.6) is 11.5 Å². The fourth-order valence-corrected chi connectivity index (χ4v) is 1.78. The maximum atomic E-state index is 12.9. The lowest BCUT2D eigenvalue weighted by molar-refractivity contribution is -0.137. The molecule has 7 heteroatoms. The van der Waals surface area contributed by atoms with Crippen molar-refractivity contribution in [2.75, 3.05) is 6.79 Å². The highest BCUT2D eigenvalue weighted by Gasteiger charge is 2.25. The summed E-state index contributed by atoms with van der Waals surface area (Å²) in [4.78, 5) is 10.6. The SMILES string of the molecule is NC(CC(=O)O)c1cc2c(cc1C(F)F)OCO2. The molecular weight excluding hydrogens is 248 g/mol. The van der Waals surface area contributed by atoms with E-state index in [0.717, 1.165) is 6.07 Å². The quantitative estimate of drug-likeness (QED) is 0.862. The molecule has 1 unspecified atom stereocenters. The van der Waals surface area contributed by atoms with E-state index in [2.05, 4.69) is 0 Å². The number of carbonyl (C=O) groups is 1. The summed E-state index contributed by atoms with van der Waals surface area (Å²) in [7, 11) is 0. The average molecular weight is 259 g/mol. The third-order valence-corrected chi connectivity index (χ3v) is 2.61. The van der Waals surface area contributed by atoms with Gasteiger partial charge in [-0.1, -0.05) is 0 Å². The Kier molecular flexibility index (Phi) is 3.33. The highest BCUT2D eigenvalue weighted by molar-refractivity contribution is 5.68. The zero-order valence-corrected chi connectivity index (χ0v) is 9.23. The summed E-state index contributed by atoms with van der Waals surface area (Å²) in [5, 5.41) is 8.64. The Hall–Kier alpha value is -1.89. The van der Waals surface area contributed by atoms with Gasteiger partial charge in [0.05, 0.1) is 6.42 Å². The number of ether oxygens (including phenoxy) is 2. The minimum Gasteiger partial charge on any atom is -0.481 e. The molecule has 98 valence electrons. The van der Waals surface area contributed by atoms with Crippen LogP contribution in [0.25, 0.3) is 0 Å². The van der Waals surface area contributed by atoms with Gasteiger partial charge in [-0.2, -0.15) is 0 Å². The molecule has 0 aliphatic carbocycles. The van der Waals surface area contributed by atoms with E-state index in [9.17, 15) is 13.6 Å². The van der Waals surface area contributed by atoms with Gasteiger partial charge in [-0.05, 0) is 17.7 Å². The first-order chi connectivity index (χ1) is 8.49. The second kappa shape index (κ2) is 4.77. The van der Waals surface area contributed by atoms with Gasteiger partial charge in [0, 0.05) is 11.6 Å². The van der Waals surface area contributed by atoms with Crippen molar-refractivity contribution >= 4 is 5.97 Å². The van der Waals surface area contributed by atoms with Gasteiger partial charge >= 0.3 is 5.97 Å². The first kappa shape index (κ1) is 12.6. The van der Waals surface area contributed by atoms with Gasteiger partial charge in [-0.3, -0.25) is 4.79 Å². The van der Waals surface area contributed by atoms with Crippen LogP contribution in [0.15, 0.2) is 12.1 Å². The smallest absolute Gasteiger partial charge is 0.305 e. The van der Waals surface area contributed by atoms with Crippen LogP contribution >= 0.6 is 0 Å². The van der Waals surface area contributed by atoms with Crippen molar-refractivity contribution in [1.29, 1.82) is 0 Å². The molecule has 1 atom stereocenters. The monoisotopic (exact) mass is 259 g/mol. The normalized spacial score (nSPS) is 14.9. The van der Waals surface area contributed by atoms with Gasteiger partial charge in [-0.25, -0.2) is 8.78 Å². The number of fused-ring (bicyclic) bond motifs is 1. The topological polar surface area (TPSA) is 81.8 Å². The molecule has 0 amide bonds. The predicted octanol–water partition coefficient (Wildman–Crippen LogP) is 1.83. The van der Waals surface area contributed by atoms with Gasteiger partial charge < -0.3 is 20.3 Å². The van der Waals surface area contributed by atoms with Crippen molar-refractivity contribution in [3.63, 3.8) is 0 Å². The molecule has 18 heavy (non-hydrogen) atoms. The maximum absolute atomic E-state index is 12.9. The van der Waals surface area contributed by atoms with Crippen LogP contribution in [0.1, 0.15) is 30.0 Å². The van der Waals surface area contributed by atoms with Crippen LogP contribution in [0.4, 0.5) is 8.78 Å². The van der Waals surface area contributed by atoms with Gasteiger partial charge in [0.25, 0.3) is 6.43 Å². The summed E-state index contributed by atoms with van der Waals surface area (Å²) in [5.41, 5.74) is 5.36. The van der Waals surface area contributed by atoms with E-state index >= 15 is 0 Å². The Morgan fingerprint density at radius 1 is 1.33 bits per heavy atom. The summed E-state index contributed by atoms with van der Waals surface area (Å²) in [5.74, 6) is -0.632. The van der Waals surface area contributed by atoms with Crippen LogP contribution in [0.2, 0.25) is 0 Å². The molecule has 0 fully saturated rings. The summed E-state index contributed by atoms with van der Waals surface area (Å²) < 4.78 is 35.8. The highest BCUT2D eigenvalue weighted by atomic mass is 19.3. The molecule has 5 nitrogen and oxygen atoms in total. The van der Waals surface area contributed by atoms with Gasteiger partial charge in [-0.15, -0.1) is 0 Å². The minimum atomic E-state index is -2.76. The number of carboxylic acid groups (broad SMARTS) is 1. The zero-order chi connectivity index (χ0) is 13.3. The molecule has 0 bridgehead atoms. The number of rotatable bonds is 4. The molecule has 0 spiro atoms. The average Bonchev–Trinajstić information content (AvgIpc) is 2.72. The Balaban J connectivity index is 2.41. The number of hydrogen-bond acceptors (Lipinski definition) is 4. The lowest BCUT2D eigenvalue weighted by atomic mass is 9.98. The second-order valence-electron chi connectivity index (χ2n) is 3.84.